The first kappa shape index (κ1) is 10.7. The van der Waals surface area contributed by atoms with E-state index in [0.717, 1.165) is 6.07 Å². The van der Waals surface area contributed by atoms with Crippen molar-refractivity contribution in [2.75, 3.05) is 0 Å². The van der Waals surface area contributed by atoms with Crippen LogP contribution in [0, 0.1) is 23.5 Å². The minimum absolute atomic E-state index is 0.0499. The standard InChI is InChI=1S/C11H11F2N/c1-2-9(14)7-6-8-4-3-5-10(12)11(8)13/h3-5,9H,2,14H2,1H3. The van der Waals surface area contributed by atoms with Gasteiger partial charge in [-0.05, 0) is 18.6 Å². The van der Waals surface area contributed by atoms with E-state index in [2.05, 4.69) is 11.8 Å². The lowest BCUT2D eigenvalue weighted by Crippen LogP contribution is -2.15. The van der Waals surface area contributed by atoms with Crippen molar-refractivity contribution in [3.8, 4) is 11.8 Å². The Morgan fingerprint density at radius 3 is 2.79 bits per heavy atom. The largest absolute Gasteiger partial charge is 0.318 e. The second kappa shape index (κ2) is 4.73. The lowest BCUT2D eigenvalue weighted by atomic mass is 10.2. The fraction of sp³-hybridized carbons (Fsp3) is 0.273. The minimum Gasteiger partial charge on any atom is -0.318 e. The first-order chi connectivity index (χ1) is 6.65. The van der Waals surface area contributed by atoms with E-state index < -0.39 is 11.6 Å². The van der Waals surface area contributed by atoms with Crippen LogP contribution < -0.4 is 5.73 Å². The Kier molecular flexibility index (Phi) is 3.61. The molecule has 0 aliphatic rings. The average molecular weight is 195 g/mol. The highest BCUT2D eigenvalue weighted by Gasteiger charge is 2.04. The van der Waals surface area contributed by atoms with Crippen LogP contribution in [-0.4, -0.2) is 6.04 Å². The molecular formula is C11H11F2N. The lowest BCUT2D eigenvalue weighted by molar-refractivity contribution is 0.506. The molecule has 0 heterocycles. The number of rotatable bonds is 1. The van der Waals surface area contributed by atoms with E-state index in [9.17, 15) is 8.78 Å². The Hall–Kier alpha value is -1.40. The molecule has 1 rings (SSSR count). The third kappa shape index (κ3) is 2.54. The van der Waals surface area contributed by atoms with Gasteiger partial charge >= 0.3 is 0 Å². The first-order valence-corrected chi connectivity index (χ1v) is 4.36. The summed E-state index contributed by atoms with van der Waals surface area (Å²) in [6.45, 7) is 1.88. The first-order valence-electron chi connectivity index (χ1n) is 4.36. The monoisotopic (exact) mass is 195 g/mol. The molecule has 0 aliphatic carbocycles. The maximum absolute atomic E-state index is 13.0. The second-order valence-corrected chi connectivity index (χ2v) is 2.89. The number of hydrogen-bond donors (Lipinski definition) is 1. The molecule has 3 heteroatoms. The van der Waals surface area contributed by atoms with Gasteiger partial charge < -0.3 is 5.73 Å². The van der Waals surface area contributed by atoms with Crippen molar-refractivity contribution in [2.45, 2.75) is 19.4 Å². The van der Waals surface area contributed by atoms with Crippen LogP contribution in [0.1, 0.15) is 18.9 Å². The van der Waals surface area contributed by atoms with Gasteiger partial charge in [0.15, 0.2) is 11.6 Å². The fourth-order valence-corrected chi connectivity index (χ4v) is 0.873. The number of nitrogens with two attached hydrogens (primary N) is 1. The molecule has 1 nitrogen and oxygen atoms in total. The zero-order valence-electron chi connectivity index (χ0n) is 7.85. The predicted molar refractivity (Wildman–Crippen MR) is 51.5 cm³/mol. The SMILES string of the molecule is CCC(N)C#Cc1cccc(F)c1F. The highest BCUT2D eigenvalue weighted by molar-refractivity contribution is 5.36. The molecular weight excluding hydrogens is 184 g/mol. The molecule has 0 fully saturated rings. The summed E-state index contributed by atoms with van der Waals surface area (Å²) in [5.74, 6) is 3.35. The summed E-state index contributed by atoms with van der Waals surface area (Å²) < 4.78 is 25.7. The normalized spacial score (nSPS) is 11.7. The number of hydrogen-bond acceptors (Lipinski definition) is 1. The third-order valence-electron chi connectivity index (χ3n) is 1.78. The summed E-state index contributed by atoms with van der Waals surface area (Å²) in [5, 5.41) is 0. The van der Waals surface area contributed by atoms with Crippen LogP contribution in [0.5, 0.6) is 0 Å². The Balaban J connectivity index is 2.95. The van der Waals surface area contributed by atoms with Gasteiger partial charge in [0, 0.05) is 0 Å². The van der Waals surface area contributed by atoms with Crippen LogP contribution in [-0.2, 0) is 0 Å². The van der Waals surface area contributed by atoms with E-state index in [4.69, 9.17) is 5.73 Å². The number of halogens is 2. The van der Waals surface area contributed by atoms with Crippen LogP contribution in [0.3, 0.4) is 0 Å². The van der Waals surface area contributed by atoms with E-state index in [0.29, 0.717) is 6.42 Å². The van der Waals surface area contributed by atoms with Gasteiger partial charge in [-0.2, -0.15) is 0 Å². The van der Waals surface area contributed by atoms with Crippen molar-refractivity contribution >= 4 is 0 Å². The van der Waals surface area contributed by atoms with Crippen molar-refractivity contribution in [2.24, 2.45) is 5.73 Å². The van der Waals surface area contributed by atoms with Gasteiger partial charge in [-0.25, -0.2) is 8.78 Å². The van der Waals surface area contributed by atoms with Crippen molar-refractivity contribution < 1.29 is 8.78 Å². The Morgan fingerprint density at radius 1 is 1.43 bits per heavy atom. The van der Waals surface area contributed by atoms with Gasteiger partial charge in [0.05, 0.1) is 11.6 Å². The molecule has 0 saturated heterocycles. The molecule has 0 aromatic heterocycles. The van der Waals surface area contributed by atoms with Crippen LogP contribution in [0.25, 0.3) is 0 Å². The van der Waals surface area contributed by atoms with E-state index >= 15 is 0 Å². The van der Waals surface area contributed by atoms with Gasteiger partial charge in [0.25, 0.3) is 0 Å². The lowest BCUT2D eigenvalue weighted by Gasteiger charge is -1.97. The van der Waals surface area contributed by atoms with Gasteiger partial charge in [-0.3, -0.25) is 0 Å². The van der Waals surface area contributed by atoms with E-state index in [-0.39, 0.29) is 11.6 Å². The molecule has 0 aliphatic heterocycles. The molecule has 0 amide bonds. The maximum Gasteiger partial charge on any atom is 0.174 e. The topological polar surface area (TPSA) is 26.0 Å². The minimum atomic E-state index is -0.914. The highest BCUT2D eigenvalue weighted by Crippen LogP contribution is 2.09. The third-order valence-corrected chi connectivity index (χ3v) is 1.78. The predicted octanol–water partition coefficient (Wildman–Crippen LogP) is 2.05. The fourth-order valence-electron chi connectivity index (χ4n) is 0.873. The zero-order chi connectivity index (χ0) is 10.6. The van der Waals surface area contributed by atoms with Crippen molar-refractivity contribution in [1.29, 1.82) is 0 Å². The summed E-state index contributed by atoms with van der Waals surface area (Å²) in [6.07, 6.45) is 0.684. The second-order valence-electron chi connectivity index (χ2n) is 2.89. The maximum atomic E-state index is 13.0. The van der Waals surface area contributed by atoms with Crippen LogP contribution >= 0.6 is 0 Å². The van der Waals surface area contributed by atoms with Crippen LogP contribution in [0.4, 0.5) is 8.78 Å². The molecule has 0 spiro atoms. The molecule has 0 radical (unpaired) electrons. The Bertz CT molecular complexity index is 377. The Labute approximate surface area is 81.9 Å². The smallest absolute Gasteiger partial charge is 0.174 e. The molecule has 2 N–H and O–H groups in total. The molecule has 1 atom stereocenters. The highest BCUT2D eigenvalue weighted by atomic mass is 19.2. The summed E-state index contributed by atoms with van der Waals surface area (Å²) in [5.41, 5.74) is 5.57. The summed E-state index contributed by atoms with van der Waals surface area (Å²) >= 11 is 0. The molecule has 1 aromatic rings. The van der Waals surface area contributed by atoms with Gasteiger partial charge in [-0.1, -0.05) is 24.8 Å². The van der Waals surface area contributed by atoms with Crippen molar-refractivity contribution in [1.82, 2.24) is 0 Å². The Morgan fingerprint density at radius 2 is 2.14 bits per heavy atom. The van der Waals surface area contributed by atoms with E-state index in [1.165, 1.54) is 12.1 Å². The zero-order valence-corrected chi connectivity index (χ0v) is 7.85. The molecule has 74 valence electrons. The quantitative estimate of drug-likeness (QED) is 0.682. The molecule has 0 saturated carbocycles. The van der Waals surface area contributed by atoms with Crippen molar-refractivity contribution in [3.05, 3.63) is 35.4 Å². The van der Waals surface area contributed by atoms with Gasteiger partial charge in [0.2, 0.25) is 0 Å². The average Bonchev–Trinajstić information content (AvgIpc) is 2.20. The molecule has 0 bridgehead atoms. The van der Waals surface area contributed by atoms with E-state index in [1.807, 2.05) is 6.92 Å². The van der Waals surface area contributed by atoms with Crippen LogP contribution in [0.2, 0.25) is 0 Å². The summed E-state index contributed by atoms with van der Waals surface area (Å²) in [6, 6.07) is 3.60. The summed E-state index contributed by atoms with van der Waals surface area (Å²) in [4.78, 5) is 0. The van der Waals surface area contributed by atoms with Gasteiger partial charge in [0.1, 0.15) is 0 Å². The summed E-state index contributed by atoms with van der Waals surface area (Å²) in [7, 11) is 0. The van der Waals surface area contributed by atoms with Crippen LogP contribution in [0.15, 0.2) is 18.2 Å². The number of benzene rings is 1. The van der Waals surface area contributed by atoms with Gasteiger partial charge in [-0.15, -0.1) is 0 Å². The molecule has 14 heavy (non-hydrogen) atoms. The molecule has 1 unspecified atom stereocenters. The molecule has 1 aromatic carbocycles. The van der Waals surface area contributed by atoms with Crippen molar-refractivity contribution in [3.63, 3.8) is 0 Å². The van der Waals surface area contributed by atoms with E-state index in [1.54, 1.807) is 0 Å².